The summed E-state index contributed by atoms with van der Waals surface area (Å²) in [5.41, 5.74) is 5.51. The van der Waals surface area contributed by atoms with E-state index >= 15 is 0 Å². The zero-order valence-electron chi connectivity index (χ0n) is 9.37. The van der Waals surface area contributed by atoms with Crippen LogP contribution in [0.2, 0.25) is 0 Å². The Kier molecular flexibility index (Phi) is 3.36. The van der Waals surface area contributed by atoms with Gasteiger partial charge in [0.2, 0.25) is 0 Å². The maximum absolute atomic E-state index is 5.51. The Labute approximate surface area is 90.7 Å². The van der Waals surface area contributed by atoms with Crippen molar-refractivity contribution in [2.45, 2.75) is 51.5 Å². The fourth-order valence-electron chi connectivity index (χ4n) is 2.48. The maximum atomic E-state index is 5.51. The van der Waals surface area contributed by atoms with E-state index in [2.05, 4.69) is 22.1 Å². The monoisotopic (exact) mass is 208 g/mol. The molecule has 0 bridgehead atoms. The summed E-state index contributed by atoms with van der Waals surface area (Å²) in [7, 11) is 0. The molecule has 4 nitrogen and oxygen atoms in total. The van der Waals surface area contributed by atoms with Crippen LogP contribution in [-0.4, -0.2) is 15.2 Å². The van der Waals surface area contributed by atoms with Gasteiger partial charge in [-0.2, -0.15) is 5.10 Å². The predicted octanol–water partition coefficient (Wildman–Crippen LogP) is 1.95. The Morgan fingerprint density at radius 3 is 3.00 bits per heavy atom. The van der Waals surface area contributed by atoms with Crippen LogP contribution in [0.25, 0.3) is 0 Å². The van der Waals surface area contributed by atoms with E-state index in [4.69, 9.17) is 5.73 Å². The Hall–Kier alpha value is -0.900. The molecule has 0 aliphatic heterocycles. The summed E-state index contributed by atoms with van der Waals surface area (Å²) in [5, 5.41) is 7.16. The molecule has 0 amide bonds. The molecule has 2 atom stereocenters. The molecule has 1 aliphatic rings. The fraction of sp³-hybridized carbons (Fsp3) is 0.818. The number of nitrogens with one attached hydrogen (secondary N) is 1. The molecular formula is C11H20N4. The van der Waals surface area contributed by atoms with E-state index in [1.807, 2.05) is 0 Å². The lowest BCUT2D eigenvalue weighted by atomic mass is 9.80. The van der Waals surface area contributed by atoms with Gasteiger partial charge < -0.3 is 5.73 Å². The first-order valence-corrected chi connectivity index (χ1v) is 5.94. The number of aromatic nitrogens is 3. The number of nitrogens with two attached hydrogens (primary N) is 1. The largest absolute Gasteiger partial charge is 0.324 e. The van der Waals surface area contributed by atoms with E-state index in [0.29, 0.717) is 12.5 Å². The third kappa shape index (κ3) is 2.37. The van der Waals surface area contributed by atoms with Gasteiger partial charge in [-0.25, -0.2) is 4.98 Å². The molecule has 3 N–H and O–H groups in total. The van der Waals surface area contributed by atoms with Crippen LogP contribution >= 0.6 is 0 Å². The van der Waals surface area contributed by atoms with Crippen molar-refractivity contribution in [1.82, 2.24) is 15.2 Å². The van der Waals surface area contributed by atoms with Crippen molar-refractivity contribution >= 4 is 0 Å². The van der Waals surface area contributed by atoms with Crippen molar-refractivity contribution < 1.29 is 0 Å². The second-order valence-corrected chi connectivity index (χ2v) is 4.48. The van der Waals surface area contributed by atoms with Crippen LogP contribution in [0.3, 0.4) is 0 Å². The van der Waals surface area contributed by atoms with Crippen LogP contribution in [0.1, 0.15) is 56.6 Å². The molecule has 1 aromatic rings. The Balaban J connectivity index is 2.03. The molecule has 0 aromatic carbocycles. The van der Waals surface area contributed by atoms with E-state index < -0.39 is 0 Å². The fourth-order valence-corrected chi connectivity index (χ4v) is 2.48. The first-order chi connectivity index (χ1) is 7.33. The summed E-state index contributed by atoms with van der Waals surface area (Å²) in [4.78, 5) is 4.43. The lowest BCUT2D eigenvalue weighted by molar-refractivity contribution is 0.307. The quantitative estimate of drug-likeness (QED) is 0.797. The molecule has 1 saturated carbocycles. The molecule has 0 spiro atoms. The molecule has 1 aliphatic carbocycles. The first kappa shape index (κ1) is 10.6. The standard InChI is InChI=1S/C11H20N4/c1-2-8-4-3-5-9(6-8)11-13-10(7-12)14-15-11/h8-9H,2-7,12H2,1H3,(H,13,14,15). The van der Waals surface area contributed by atoms with Gasteiger partial charge in [-0.1, -0.05) is 26.2 Å². The molecule has 1 aromatic heterocycles. The van der Waals surface area contributed by atoms with Gasteiger partial charge in [-0.15, -0.1) is 0 Å². The van der Waals surface area contributed by atoms with Gasteiger partial charge >= 0.3 is 0 Å². The van der Waals surface area contributed by atoms with Gasteiger partial charge in [0.25, 0.3) is 0 Å². The van der Waals surface area contributed by atoms with Crippen LogP contribution in [0, 0.1) is 5.92 Å². The van der Waals surface area contributed by atoms with E-state index in [0.717, 1.165) is 17.6 Å². The summed E-state index contributed by atoms with van der Waals surface area (Å²) in [6, 6.07) is 0. The van der Waals surface area contributed by atoms with Crippen molar-refractivity contribution in [3.63, 3.8) is 0 Å². The summed E-state index contributed by atoms with van der Waals surface area (Å²) in [6.07, 6.45) is 6.46. The summed E-state index contributed by atoms with van der Waals surface area (Å²) in [5.74, 6) is 3.21. The van der Waals surface area contributed by atoms with E-state index in [9.17, 15) is 0 Å². The summed E-state index contributed by atoms with van der Waals surface area (Å²) >= 11 is 0. The highest BCUT2D eigenvalue weighted by molar-refractivity contribution is 4.99. The minimum Gasteiger partial charge on any atom is -0.324 e. The third-order valence-electron chi connectivity index (χ3n) is 3.47. The Bertz CT molecular complexity index is 307. The van der Waals surface area contributed by atoms with Crippen molar-refractivity contribution in [3.8, 4) is 0 Å². The van der Waals surface area contributed by atoms with E-state index in [1.54, 1.807) is 0 Å². The Morgan fingerprint density at radius 1 is 1.47 bits per heavy atom. The second kappa shape index (κ2) is 4.75. The zero-order valence-corrected chi connectivity index (χ0v) is 9.37. The maximum Gasteiger partial charge on any atom is 0.153 e. The average Bonchev–Trinajstić information content (AvgIpc) is 2.78. The van der Waals surface area contributed by atoms with Crippen LogP contribution in [0.15, 0.2) is 0 Å². The highest BCUT2D eigenvalue weighted by Gasteiger charge is 2.24. The minimum absolute atomic E-state index is 0.455. The lowest BCUT2D eigenvalue weighted by Gasteiger charge is -2.26. The molecule has 0 saturated heterocycles. The molecule has 84 valence electrons. The molecule has 1 fully saturated rings. The van der Waals surface area contributed by atoms with Gasteiger partial charge in [0, 0.05) is 5.92 Å². The van der Waals surface area contributed by atoms with Gasteiger partial charge in [-0.05, 0) is 18.8 Å². The highest BCUT2D eigenvalue weighted by atomic mass is 15.2. The van der Waals surface area contributed by atoms with Crippen LogP contribution in [0.4, 0.5) is 0 Å². The van der Waals surface area contributed by atoms with Gasteiger partial charge in [0.15, 0.2) is 5.82 Å². The topological polar surface area (TPSA) is 67.6 Å². The number of aromatic amines is 1. The SMILES string of the molecule is CCC1CCCC(c2n[nH]c(CN)n2)C1. The van der Waals surface area contributed by atoms with Crippen molar-refractivity contribution in [1.29, 1.82) is 0 Å². The number of hydrogen-bond acceptors (Lipinski definition) is 3. The van der Waals surface area contributed by atoms with Crippen LogP contribution < -0.4 is 5.73 Å². The summed E-state index contributed by atoms with van der Waals surface area (Å²) in [6.45, 7) is 2.73. The molecule has 4 heteroatoms. The van der Waals surface area contributed by atoms with Gasteiger partial charge in [0.1, 0.15) is 5.82 Å². The minimum atomic E-state index is 0.455. The molecule has 2 unspecified atom stereocenters. The van der Waals surface area contributed by atoms with E-state index in [1.165, 1.54) is 32.1 Å². The zero-order chi connectivity index (χ0) is 10.7. The van der Waals surface area contributed by atoms with Crippen LogP contribution in [0.5, 0.6) is 0 Å². The van der Waals surface area contributed by atoms with Crippen LogP contribution in [-0.2, 0) is 6.54 Å². The van der Waals surface area contributed by atoms with E-state index in [-0.39, 0.29) is 0 Å². The van der Waals surface area contributed by atoms with Gasteiger partial charge in [0.05, 0.1) is 6.54 Å². The lowest BCUT2D eigenvalue weighted by Crippen LogP contribution is -2.14. The molecule has 15 heavy (non-hydrogen) atoms. The second-order valence-electron chi connectivity index (χ2n) is 4.48. The predicted molar refractivity (Wildman–Crippen MR) is 59.3 cm³/mol. The average molecular weight is 208 g/mol. The number of H-pyrrole nitrogens is 1. The number of hydrogen-bond donors (Lipinski definition) is 2. The van der Waals surface area contributed by atoms with Gasteiger partial charge in [-0.3, -0.25) is 5.10 Å². The highest BCUT2D eigenvalue weighted by Crippen LogP contribution is 2.35. The Morgan fingerprint density at radius 2 is 2.33 bits per heavy atom. The normalized spacial score (nSPS) is 26.8. The number of nitrogens with zero attached hydrogens (tertiary/aromatic N) is 2. The molecule has 2 rings (SSSR count). The van der Waals surface area contributed by atoms with Crippen molar-refractivity contribution in [2.24, 2.45) is 11.7 Å². The molecular weight excluding hydrogens is 188 g/mol. The van der Waals surface area contributed by atoms with Crippen molar-refractivity contribution in [2.75, 3.05) is 0 Å². The third-order valence-corrected chi connectivity index (χ3v) is 3.47. The first-order valence-electron chi connectivity index (χ1n) is 5.94. The summed E-state index contributed by atoms with van der Waals surface area (Å²) < 4.78 is 0. The molecule has 0 radical (unpaired) electrons. The smallest absolute Gasteiger partial charge is 0.153 e. The van der Waals surface area contributed by atoms with Crippen molar-refractivity contribution in [3.05, 3.63) is 11.6 Å². The molecule has 1 heterocycles. The number of rotatable bonds is 3.